The van der Waals surface area contributed by atoms with Crippen LogP contribution in [0.1, 0.15) is 5.56 Å². The van der Waals surface area contributed by atoms with E-state index in [0.29, 0.717) is 18.8 Å². The Kier molecular flexibility index (Phi) is 7.35. The quantitative estimate of drug-likeness (QED) is 0.704. The van der Waals surface area contributed by atoms with E-state index in [-0.39, 0.29) is 17.7 Å². The first-order chi connectivity index (χ1) is 12.1. The van der Waals surface area contributed by atoms with Crippen LogP contribution < -0.4 is 20.1 Å². The number of carbonyl (C=O) groups excluding carboxylic acids is 1. The molecule has 134 valence electrons. The van der Waals surface area contributed by atoms with E-state index in [2.05, 4.69) is 10.6 Å². The van der Waals surface area contributed by atoms with Crippen molar-refractivity contribution in [2.24, 2.45) is 0 Å². The predicted molar refractivity (Wildman–Crippen MR) is 95.0 cm³/mol. The number of halogens is 2. The zero-order valence-electron chi connectivity index (χ0n) is 13.9. The zero-order chi connectivity index (χ0) is 18.1. The number of benzene rings is 2. The van der Waals surface area contributed by atoms with Crippen molar-refractivity contribution in [2.45, 2.75) is 6.42 Å². The first-order valence-corrected chi connectivity index (χ1v) is 8.19. The molecule has 0 bridgehead atoms. The van der Waals surface area contributed by atoms with Gasteiger partial charge in [-0.1, -0.05) is 23.7 Å². The number of amides is 2. The van der Waals surface area contributed by atoms with Crippen LogP contribution in [0.5, 0.6) is 11.5 Å². The molecule has 0 spiro atoms. The van der Waals surface area contributed by atoms with E-state index in [9.17, 15) is 9.18 Å². The molecule has 2 aromatic carbocycles. The molecule has 0 saturated heterocycles. The minimum absolute atomic E-state index is 0.198. The van der Waals surface area contributed by atoms with E-state index in [1.807, 2.05) is 24.3 Å². The van der Waals surface area contributed by atoms with Gasteiger partial charge in [-0.05, 0) is 42.3 Å². The van der Waals surface area contributed by atoms with E-state index >= 15 is 0 Å². The second-order valence-electron chi connectivity index (χ2n) is 5.20. The van der Waals surface area contributed by atoms with Crippen LogP contribution in [0, 0.1) is 5.82 Å². The first-order valence-electron chi connectivity index (χ1n) is 7.81. The molecule has 0 unspecified atom stereocenters. The van der Waals surface area contributed by atoms with E-state index in [4.69, 9.17) is 21.1 Å². The third-order valence-electron chi connectivity index (χ3n) is 3.40. The SMILES string of the molecule is COc1ccc(CCNC(=O)NCCOc2ccc(F)cc2Cl)cc1. The molecule has 2 N–H and O–H groups in total. The third-order valence-corrected chi connectivity index (χ3v) is 3.69. The molecule has 2 aromatic rings. The summed E-state index contributed by atoms with van der Waals surface area (Å²) >= 11 is 5.84. The molecule has 7 heteroatoms. The number of carbonyl (C=O) groups is 1. The predicted octanol–water partition coefficient (Wildman–Crippen LogP) is 3.41. The minimum atomic E-state index is -0.424. The van der Waals surface area contributed by atoms with Gasteiger partial charge in [0.15, 0.2) is 0 Å². The monoisotopic (exact) mass is 366 g/mol. The Bertz CT molecular complexity index is 695. The lowest BCUT2D eigenvalue weighted by molar-refractivity contribution is 0.236. The fourth-order valence-corrected chi connectivity index (χ4v) is 2.31. The Labute approximate surface area is 151 Å². The van der Waals surface area contributed by atoms with Gasteiger partial charge >= 0.3 is 6.03 Å². The van der Waals surface area contributed by atoms with E-state index < -0.39 is 5.82 Å². The lowest BCUT2D eigenvalue weighted by Crippen LogP contribution is -2.38. The van der Waals surface area contributed by atoms with Crippen molar-refractivity contribution in [1.29, 1.82) is 0 Å². The second-order valence-corrected chi connectivity index (χ2v) is 5.61. The van der Waals surface area contributed by atoms with Gasteiger partial charge in [-0.25, -0.2) is 9.18 Å². The average Bonchev–Trinajstić information content (AvgIpc) is 2.61. The summed E-state index contributed by atoms with van der Waals surface area (Å²) in [7, 11) is 1.62. The fourth-order valence-electron chi connectivity index (χ4n) is 2.09. The van der Waals surface area contributed by atoms with Crippen molar-refractivity contribution >= 4 is 17.6 Å². The van der Waals surface area contributed by atoms with E-state index in [1.165, 1.54) is 18.2 Å². The van der Waals surface area contributed by atoms with Gasteiger partial charge in [0.25, 0.3) is 0 Å². The van der Waals surface area contributed by atoms with Gasteiger partial charge in [0.2, 0.25) is 0 Å². The number of ether oxygens (including phenoxy) is 2. The summed E-state index contributed by atoms with van der Waals surface area (Å²) in [4.78, 5) is 11.7. The number of urea groups is 1. The summed E-state index contributed by atoms with van der Waals surface area (Å²) in [5.74, 6) is 0.757. The zero-order valence-corrected chi connectivity index (χ0v) is 14.6. The normalized spacial score (nSPS) is 10.2. The Morgan fingerprint density at radius 1 is 1.12 bits per heavy atom. The van der Waals surface area contributed by atoms with Crippen LogP contribution in [0.2, 0.25) is 5.02 Å². The Balaban J connectivity index is 1.60. The standard InChI is InChI=1S/C18H20ClFN2O3/c1-24-15-5-2-13(3-6-15)8-9-21-18(23)22-10-11-25-17-7-4-14(20)12-16(17)19/h2-7,12H,8-11H2,1H3,(H2,21,22,23). The number of methoxy groups -OCH3 is 1. The van der Waals surface area contributed by atoms with Gasteiger partial charge in [-0.2, -0.15) is 0 Å². The lowest BCUT2D eigenvalue weighted by Gasteiger charge is -2.10. The van der Waals surface area contributed by atoms with Crippen molar-refractivity contribution in [3.63, 3.8) is 0 Å². The summed E-state index contributed by atoms with van der Waals surface area (Å²) in [5, 5.41) is 5.64. The molecular formula is C18H20ClFN2O3. The summed E-state index contributed by atoms with van der Waals surface area (Å²) in [6.45, 7) is 1.06. The maximum absolute atomic E-state index is 12.9. The van der Waals surface area contributed by atoms with Gasteiger partial charge in [-0.15, -0.1) is 0 Å². The number of hydrogen-bond donors (Lipinski definition) is 2. The Hall–Kier alpha value is -2.47. The molecule has 2 amide bonds. The van der Waals surface area contributed by atoms with Crippen molar-refractivity contribution < 1.29 is 18.7 Å². The molecule has 0 radical (unpaired) electrons. The van der Waals surface area contributed by atoms with Crippen molar-refractivity contribution in [2.75, 3.05) is 26.8 Å². The highest BCUT2D eigenvalue weighted by Crippen LogP contribution is 2.24. The molecule has 0 fully saturated rings. The smallest absolute Gasteiger partial charge is 0.314 e. The lowest BCUT2D eigenvalue weighted by atomic mass is 10.1. The van der Waals surface area contributed by atoms with Crippen LogP contribution in [-0.2, 0) is 6.42 Å². The average molecular weight is 367 g/mol. The van der Waals surface area contributed by atoms with Crippen LogP contribution in [0.15, 0.2) is 42.5 Å². The highest BCUT2D eigenvalue weighted by Gasteiger charge is 2.04. The molecule has 2 rings (SSSR count). The molecular weight excluding hydrogens is 347 g/mol. The van der Waals surface area contributed by atoms with E-state index in [0.717, 1.165) is 17.7 Å². The van der Waals surface area contributed by atoms with Gasteiger partial charge in [-0.3, -0.25) is 0 Å². The number of nitrogens with one attached hydrogen (secondary N) is 2. The highest BCUT2D eigenvalue weighted by molar-refractivity contribution is 6.32. The van der Waals surface area contributed by atoms with Crippen LogP contribution in [0.3, 0.4) is 0 Å². The molecule has 0 atom stereocenters. The fraction of sp³-hybridized carbons (Fsp3) is 0.278. The molecule has 0 heterocycles. The number of hydrogen-bond acceptors (Lipinski definition) is 3. The number of rotatable bonds is 8. The molecule has 0 saturated carbocycles. The molecule has 0 aliphatic heterocycles. The molecule has 25 heavy (non-hydrogen) atoms. The second kappa shape index (κ2) is 9.74. The van der Waals surface area contributed by atoms with Crippen LogP contribution >= 0.6 is 11.6 Å². The first kappa shape index (κ1) is 18.9. The summed E-state index contributed by atoms with van der Waals surface area (Å²) in [6, 6.07) is 11.3. The topological polar surface area (TPSA) is 59.6 Å². The van der Waals surface area contributed by atoms with Gasteiger partial charge < -0.3 is 20.1 Å². The van der Waals surface area contributed by atoms with Gasteiger partial charge in [0.05, 0.1) is 18.7 Å². The molecule has 5 nitrogen and oxygen atoms in total. The van der Waals surface area contributed by atoms with Crippen molar-refractivity contribution in [3.05, 3.63) is 58.9 Å². The molecule has 0 aliphatic rings. The van der Waals surface area contributed by atoms with E-state index in [1.54, 1.807) is 7.11 Å². The minimum Gasteiger partial charge on any atom is -0.497 e. The summed E-state index contributed by atoms with van der Waals surface area (Å²) < 4.78 is 23.4. The van der Waals surface area contributed by atoms with Crippen LogP contribution in [0.4, 0.5) is 9.18 Å². The van der Waals surface area contributed by atoms with Gasteiger partial charge in [0, 0.05) is 6.54 Å². The maximum Gasteiger partial charge on any atom is 0.314 e. The summed E-state index contributed by atoms with van der Waals surface area (Å²) in [5.41, 5.74) is 1.11. The van der Waals surface area contributed by atoms with Crippen molar-refractivity contribution in [1.82, 2.24) is 10.6 Å². The van der Waals surface area contributed by atoms with Crippen molar-refractivity contribution in [3.8, 4) is 11.5 Å². The Morgan fingerprint density at radius 3 is 2.52 bits per heavy atom. The van der Waals surface area contributed by atoms with Crippen LogP contribution in [0.25, 0.3) is 0 Å². The summed E-state index contributed by atoms with van der Waals surface area (Å²) in [6.07, 6.45) is 0.721. The highest BCUT2D eigenvalue weighted by atomic mass is 35.5. The van der Waals surface area contributed by atoms with Crippen LogP contribution in [-0.4, -0.2) is 32.8 Å². The largest absolute Gasteiger partial charge is 0.497 e. The maximum atomic E-state index is 12.9. The molecule has 0 aromatic heterocycles. The van der Waals surface area contributed by atoms with Gasteiger partial charge in [0.1, 0.15) is 23.9 Å². The Morgan fingerprint density at radius 2 is 1.84 bits per heavy atom. The third kappa shape index (κ3) is 6.51. The molecule has 0 aliphatic carbocycles.